The Kier molecular flexibility index (Phi) is 12.9. The maximum absolute atomic E-state index is 4.09. The number of aromatic nitrogens is 1. The number of para-hydroxylation sites is 4. The van der Waals surface area contributed by atoms with Crippen LogP contribution in [-0.2, 0) is 5.66 Å². The van der Waals surface area contributed by atoms with Crippen LogP contribution in [0.2, 0.25) is 0 Å². The van der Waals surface area contributed by atoms with Gasteiger partial charge >= 0.3 is 0 Å². The Bertz CT molecular complexity index is 3460. The number of hydrogen-bond donors (Lipinski definition) is 1. The van der Waals surface area contributed by atoms with Crippen LogP contribution < -0.4 is 15.1 Å². The minimum Gasteiger partial charge on any atom is -0.311 e. The fourth-order valence-corrected chi connectivity index (χ4v) is 12.0. The molecule has 0 saturated carbocycles. The molecule has 75 heavy (non-hydrogen) atoms. The van der Waals surface area contributed by atoms with Crippen molar-refractivity contribution >= 4 is 55.9 Å². The van der Waals surface area contributed by atoms with Crippen molar-refractivity contribution in [2.75, 3.05) is 29.9 Å². The summed E-state index contributed by atoms with van der Waals surface area (Å²) in [5, 5.41) is 6.54. The van der Waals surface area contributed by atoms with Crippen LogP contribution in [-0.4, -0.2) is 29.6 Å². The largest absolute Gasteiger partial charge is 0.311 e. The zero-order chi connectivity index (χ0) is 50.9. The first kappa shape index (κ1) is 47.5. The first-order valence-corrected chi connectivity index (χ1v) is 26.6. The van der Waals surface area contributed by atoms with E-state index in [1.54, 1.807) is 0 Å². The summed E-state index contributed by atoms with van der Waals surface area (Å²) >= 11 is 0. The molecule has 368 valence electrons. The molecule has 11 aromatic rings. The Balaban J connectivity index is 0.941. The van der Waals surface area contributed by atoms with Crippen molar-refractivity contribution in [3.05, 3.63) is 271 Å². The summed E-state index contributed by atoms with van der Waals surface area (Å²) < 4.78 is 2.51. The molecule has 0 spiro atoms. The quantitative estimate of drug-likeness (QED) is 0.125. The highest BCUT2D eigenvalue weighted by Gasteiger charge is 2.41. The summed E-state index contributed by atoms with van der Waals surface area (Å²) in [6.07, 6.45) is 2.17. The van der Waals surface area contributed by atoms with Gasteiger partial charge in [-0.1, -0.05) is 159 Å². The molecule has 1 aliphatic rings. The number of nitrogens with one attached hydrogen (secondary N) is 1. The lowest BCUT2D eigenvalue weighted by Gasteiger charge is -2.49. The van der Waals surface area contributed by atoms with Gasteiger partial charge in [0.15, 0.2) is 0 Å². The minimum absolute atomic E-state index is 0.171. The molecular formula is C70H63N5. The molecule has 2 heterocycles. The van der Waals surface area contributed by atoms with Gasteiger partial charge in [-0.3, -0.25) is 10.2 Å². The normalized spacial score (nSPS) is 15.8. The molecule has 1 aromatic heterocycles. The highest BCUT2D eigenvalue weighted by Crippen LogP contribution is 2.43. The van der Waals surface area contributed by atoms with Crippen molar-refractivity contribution in [3.63, 3.8) is 0 Å². The number of fused-ring (bicyclic) bond motifs is 3. The highest BCUT2D eigenvalue weighted by atomic mass is 15.3. The summed E-state index contributed by atoms with van der Waals surface area (Å²) in [4.78, 5) is 7.20. The SMILES string of the molecule is CCCC1(c2ccccc2)NCC(c2cc(C)c(-n3c4ccc(-c5ccc(N(c6ccccc6)c6ccccc6)cc5)cc4c4cc(-c5ccc(N(c6ccccc6)c6ccccc6)cc5)ccc43)cc2C)CN1C. The van der Waals surface area contributed by atoms with Gasteiger partial charge in [-0.05, 0) is 175 Å². The molecule has 0 bridgehead atoms. The maximum Gasteiger partial charge on any atom is 0.0972 e. The van der Waals surface area contributed by atoms with E-state index >= 15 is 0 Å². The van der Waals surface area contributed by atoms with E-state index in [9.17, 15) is 0 Å². The van der Waals surface area contributed by atoms with Crippen LogP contribution in [0.15, 0.2) is 249 Å². The van der Waals surface area contributed by atoms with Crippen LogP contribution in [0.3, 0.4) is 0 Å². The second-order valence-corrected chi connectivity index (χ2v) is 20.3. The number of benzene rings is 10. The fraction of sp³-hybridized carbons (Fsp3) is 0.143. The van der Waals surface area contributed by atoms with Gasteiger partial charge in [0.05, 0.1) is 16.7 Å². The molecule has 2 unspecified atom stereocenters. The van der Waals surface area contributed by atoms with E-state index < -0.39 is 0 Å². The van der Waals surface area contributed by atoms with Crippen molar-refractivity contribution in [3.8, 4) is 27.9 Å². The Morgan fingerprint density at radius 2 is 0.853 bits per heavy atom. The maximum atomic E-state index is 4.09. The van der Waals surface area contributed by atoms with Gasteiger partial charge in [-0.25, -0.2) is 0 Å². The number of nitrogens with zero attached hydrogens (tertiary/aromatic N) is 4. The second kappa shape index (κ2) is 20.4. The van der Waals surface area contributed by atoms with Gasteiger partial charge in [0.1, 0.15) is 0 Å². The summed E-state index contributed by atoms with van der Waals surface area (Å²) in [5.41, 5.74) is 20.2. The van der Waals surface area contributed by atoms with E-state index in [2.05, 4.69) is 301 Å². The van der Waals surface area contributed by atoms with Crippen molar-refractivity contribution in [2.45, 2.75) is 45.2 Å². The highest BCUT2D eigenvalue weighted by molar-refractivity contribution is 6.12. The number of rotatable bonds is 13. The molecule has 2 atom stereocenters. The van der Waals surface area contributed by atoms with Gasteiger partial charge in [0.25, 0.3) is 0 Å². The van der Waals surface area contributed by atoms with Gasteiger partial charge in [0, 0.05) is 69.6 Å². The van der Waals surface area contributed by atoms with Gasteiger partial charge in [-0.2, -0.15) is 0 Å². The fourth-order valence-electron chi connectivity index (χ4n) is 12.0. The molecule has 0 aliphatic carbocycles. The summed E-state index contributed by atoms with van der Waals surface area (Å²) in [6, 6.07) is 90.6. The molecule has 0 radical (unpaired) electrons. The zero-order valence-corrected chi connectivity index (χ0v) is 43.4. The molecule has 1 aliphatic heterocycles. The van der Waals surface area contributed by atoms with Crippen LogP contribution in [0.5, 0.6) is 0 Å². The van der Waals surface area contributed by atoms with Crippen LogP contribution in [0.4, 0.5) is 34.1 Å². The van der Waals surface area contributed by atoms with E-state index in [1.807, 2.05) is 0 Å². The monoisotopic (exact) mass is 974 g/mol. The standard InChI is InChI=1S/C70H63N5/c1-5-43-70(57-21-11-6-12-22-57)71-48-56(49-72(70)4)64-44-51(3)69(45-50(64)2)75-67-41-35-54(52-31-37-62(38-32-52)73(58-23-13-7-14-24-58)59-25-15-8-16-26-59)46-65(67)66-47-55(36-42-68(66)75)53-33-39-63(40-34-53)74(60-27-17-9-18-28-60)61-29-19-10-20-30-61/h6-42,44-47,56,71H,5,43,48-49H2,1-4H3. The molecule has 12 rings (SSSR count). The minimum atomic E-state index is -0.171. The third kappa shape index (κ3) is 8.99. The van der Waals surface area contributed by atoms with Crippen molar-refractivity contribution < 1.29 is 0 Å². The Morgan fingerprint density at radius 1 is 0.453 bits per heavy atom. The Labute approximate surface area is 442 Å². The summed E-state index contributed by atoms with van der Waals surface area (Å²) in [6.45, 7) is 8.82. The first-order chi connectivity index (χ1) is 36.9. The molecule has 0 amide bonds. The average Bonchev–Trinajstić information content (AvgIpc) is 3.83. The van der Waals surface area contributed by atoms with E-state index in [4.69, 9.17) is 0 Å². The molecule has 5 heteroatoms. The van der Waals surface area contributed by atoms with Crippen LogP contribution in [0, 0.1) is 13.8 Å². The lowest BCUT2D eigenvalue weighted by molar-refractivity contribution is 0.0281. The van der Waals surface area contributed by atoms with Gasteiger partial charge in [0.2, 0.25) is 0 Å². The predicted molar refractivity (Wildman–Crippen MR) is 317 cm³/mol. The molecule has 1 saturated heterocycles. The number of aryl methyl sites for hydroxylation is 2. The lowest BCUT2D eigenvalue weighted by Crippen LogP contribution is -2.61. The third-order valence-corrected chi connectivity index (χ3v) is 15.7. The smallest absolute Gasteiger partial charge is 0.0972 e. The molecular weight excluding hydrogens is 911 g/mol. The second-order valence-electron chi connectivity index (χ2n) is 20.3. The van der Waals surface area contributed by atoms with Crippen LogP contribution in [0.25, 0.3) is 49.7 Å². The van der Waals surface area contributed by atoms with E-state index in [0.29, 0.717) is 5.92 Å². The van der Waals surface area contributed by atoms with E-state index in [0.717, 1.165) is 60.1 Å². The van der Waals surface area contributed by atoms with Crippen LogP contribution in [0.1, 0.15) is 47.9 Å². The van der Waals surface area contributed by atoms with Gasteiger partial charge in [-0.15, -0.1) is 0 Å². The number of anilines is 6. The molecule has 10 aromatic carbocycles. The zero-order valence-electron chi connectivity index (χ0n) is 43.4. The van der Waals surface area contributed by atoms with Gasteiger partial charge < -0.3 is 14.4 Å². The first-order valence-electron chi connectivity index (χ1n) is 26.6. The average molecular weight is 974 g/mol. The number of likely N-dealkylation sites (N-methyl/N-ethyl adjacent to an activating group) is 1. The van der Waals surface area contributed by atoms with Crippen LogP contribution >= 0.6 is 0 Å². The third-order valence-electron chi connectivity index (χ3n) is 15.7. The van der Waals surface area contributed by atoms with Crippen molar-refractivity contribution in [1.82, 2.24) is 14.8 Å². The lowest BCUT2D eigenvalue weighted by atomic mass is 9.84. The van der Waals surface area contributed by atoms with E-state index in [-0.39, 0.29) is 5.66 Å². The topological polar surface area (TPSA) is 26.7 Å². The van der Waals surface area contributed by atoms with Crippen molar-refractivity contribution in [1.29, 1.82) is 0 Å². The Morgan fingerprint density at radius 3 is 1.27 bits per heavy atom. The summed E-state index contributed by atoms with van der Waals surface area (Å²) in [5.74, 6) is 0.359. The summed E-state index contributed by atoms with van der Waals surface area (Å²) in [7, 11) is 2.30. The van der Waals surface area contributed by atoms with E-state index in [1.165, 1.54) is 72.0 Å². The molecule has 1 fully saturated rings. The predicted octanol–water partition coefficient (Wildman–Crippen LogP) is 17.9. The molecule has 5 nitrogen and oxygen atoms in total. The Hall–Kier alpha value is -8.48. The number of hydrogen-bond acceptors (Lipinski definition) is 4. The molecule has 1 N–H and O–H groups in total. The van der Waals surface area contributed by atoms with Crippen molar-refractivity contribution in [2.24, 2.45) is 0 Å².